The Balaban J connectivity index is 1.13. The number of likely N-dealkylation sites (tertiary alicyclic amines) is 1. The summed E-state index contributed by atoms with van der Waals surface area (Å²) in [4.78, 5) is 29.5. The van der Waals surface area contributed by atoms with Gasteiger partial charge in [-0.05, 0) is 55.9 Å². The van der Waals surface area contributed by atoms with Crippen LogP contribution in [0.5, 0.6) is 0 Å². The molecule has 0 N–H and O–H groups in total. The molecule has 10 heteroatoms. The minimum Gasteiger partial charge on any atom is -0.464 e. The molecule has 0 bridgehead atoms. The van der Waals surface area contributed by atoms with Gasteiger partial charge in [-0.15, -0.1) is 0 Å². The van der Waals surface area contributed by atoms with Gasteiger partial charge < -0.3 is 14.1 Å². The van der Waals surface area contributed by atoms with E-state index in [1.54, 1.807) is 21.5 Å². The summed E-state index contributed by atoms with van der Waals surface area (Å²) in [6, 6.07) is 13.2. The van der Waals surface area contributed by atoms with Crippen LogP contribution in [0, 0.1) is 0 Å². The van der Waals surface area contributed by atoms with Crippen molar-refractivity contribution in [2.75, 3.05) is 30.8 Å². The molecule has 38 heavy (non-hydrogen) atoms. The van der Waals surface area contributed by atoms with E-state index in [-0.39, 0.29) is 30.7 Å². The van der Waals surface area contributed by atoms with E-state index >= 15 is 0 Å². The number of amides is 2. The van der Waals surface area contributed by atoms with Crippen molar-refractivity contribution in [3.63, 3.8) is 0 Å². The number of furan rings is 1. The normalized spacial score (nSPS) is 21.1. The first-order chi connectivity index (χ1) is 18.3. The quantitative estimate of drug-likeness (QED) is 0.485. The number of piperidine rings is 1. The number of hydrogen-bond acceptors (Lipinski definition) is 6. The lowest BCUT2D eigenvalue weighted by Gasteiger charge is -2.40. The summed E-state index contributed by atoms with van der Waals surface area (Å²) in [6.45, 7) is 1.93. The zero-order valence-electron chi connectivity index (χ0n) is 21.3. The van der Waals surface area contributed by atoms with Crippen LogP contribution in [-0.4, -0.2) is 67.6 Å². The van der Waals surface area contributed by atoms with Crippen LogP contribution in [-0.2, 0) is 27.8 Å². The Bertz CT molecular complexity index is 1490. The molecule has 3 aliphatic heterocycles. The summed E-state index contributed by atoms with van der Waals surface area (Å²) in [5, 5.41) is 0.905. The molecule has 0 unspecified atom stereocenters. The molecule has 0 saturated carbocycles. The van der Waals surface area contributed by atoms with Gasteiger partial charge in [-0.1, -0.05) is 24.3 Å². The number of fused-ring (bicyclic) bond motifs is 2. The lowest BCUT2D eigenvalue weighted by atomic mass is 9.99. The molecule has 4 heterocycles. The summed E-state index contributed by atoms with van der Waals surface area (Å²) in [5.41, 5.74) is 4.02. The van der Waals surface area contributed by atoms with Gasteiger partial charge in [0.2, 0.25) is 10.0 Å². The molecular formula is C28H31N3O6S. The first-order valence-corrected chi connectivity index (χ1v) is 14.9. The number of carbonyl (C=O) groups is 2. The van der Waals surface area contributed by atoms with E-state index in [1.165, 1.54) is 6.26 Å². The van der Waals surface area contributed by atoms with Crippen LogP contribution < -0.4 is 4.90 Å². The molecule has 0 aliphatic carbocycles. The number of carbonyl (C=O) groups excluding carboxylic acids is 2. The van der Waals surface area contributed by atoms with Crippen molar-refractivity contribution < 1.29 is 27.2 Å². The number of benzene rings is 2. The number of ether oxygens (including phenoxy) is 1. The smallest absolute Gasteiger partial charge is 0.414 e. The second-order valence-corrected chi connectivity index (χ2v) is 12.4. The van der Waals surface area contributed by atoms with Crippen LogP contribution in [0.3, 0.4) is 0 Å². The number of cyclic esters (lactones) is 1. The first-order valence-electron chi connectivity index (χ1n) is 13.1. The minimum absolute atomic E-state index is 0.0230. The Morgan fingerprint density at radius 2 is 1.84 bits per heavy atom. The number of hydrogen-bond donors (Lipinski definition) is 0. The van der Waals surface area contributed by atoms with E-state index in [2.05, 4.69) is 0 Å². The largest absolute Gasteiger partial charge is 0.464 e. The Hall–Kier alpha value is -3.37. The van der Waals surface area contributed by atoms with Crippen molar-refractivity contribution in [2.45, 2.75) is 50.8 Å². The highest BCUT2D eigenvalue weighted by molar-refractivity contribution is 7.88. The topological polar surface area (TPSA) is 100 Å². The molecular weight excluding hydrogens is 506 g/mol. The third-order valence-corrected chi connectivity index (χ3v) is 9.36. The van der Waals surface area contributed by atoms with Crippen LogP contribution in [0.1, 0.15) is 47.2 Å². The van der Waals surface area contributed by atoms with Gasteiger partial charge in [0.25, 0.3) is 5.91 Å². The Morgan fingerprint density at radius 3 is 2.63 bits per heavy atom. The fourth-order valence-corrected chi connectivity index (χ4v) is 7.29. The molecule has 9 nitrogen and oxygen atoms in total. The van der Waals surface area contributed by atoms with Crippen molar-refractivity contribution in [1.29, 1.82) is 0 Å². The molecule has 1 atom stereocenters. The van der Waals surface area contributed by atoms with E-state index < -0.39 is 10.0 Å². The third-order valence-electron chi connectivity index (χ3n) is 8.02. The van der Waals surface area contributed by atoms with Crippen LogP contribution in [0.25, 0.3) is 11.0 Å². The van der Waals surface area contributed by atoms with E-state index in [9.17, 15) is 18.0 Å². The fourth-order valence-electron chi connectivity index (χ4n) is 6.11. The molecule has 0 spiro atoms. The molecule has 3 aromatic rings. The number of nitrogens with zero attached hydrogens (tertiary/aromatic N) is 3. The summed E-state index contributed by atoms with van der Waals surface area (Å²) >= 11 is 0. The summed E-state index contributed by atoms with van der Waals surface area (Å²) in [6.07, 6.45) is 6.21. The van der Waals surface area contributed by atoms with Gasteiger partial charge in [-0.3, -0.25) is 9.69 Å². The van der Waals surface area contributed by atoms with Crippen LogP contribution >= 0.6 is 0 Å². The molecule has 2 fully saturated rings. The predicted molar refractivity (Wildman–Crippen MR) is 143 cm³/mol. The van der Waals surface area contributed by atoms with Gasteiger partial charge in [0.15, 0.2) is 0 Å². The predicted octanol–water partition coefficient (Wildman–Crippen LogP) is 4.16. The van der Waals surface area contributed by atoms with Gasteiger partial charge in [0.1, 0.15) is 12.2 Å². The van der Waals surface area contributed by atoms with Crippen molar-refractivity contribution in [3.05, 3.63) is 65.4 Å². The molecule has 200 valence electrons. The summed E-state index contributed by atoms with van der Waals surface area (Å²) in [7, 11) is -3.24. The van der Waals surface area contributed by atoms with Gasteiger partial charge in [-0.2, -0.15) is 4.31 Å². The SMILES string of the molecule is CS(=O)(=O)N1CCC[C@@H]1Cc1coc2cc(C(=O)N3CCC(N4C(=O)OCc5ccccc54)CC3)ccc12. The highest BCUT2D eigenvalue weighted by atomic mass is 32.2. The van der Waals surface area contributed by atoms with Gasteiger partial charge in [0, 0.05) is 48.2 Å². The first kappa shape index (κ1) is 24.9. The number of para-hydroxylation sites is 1. The molecule has 2 saturated heterocycles. The maximum atomic E-state index is 13.3. The lowest BCUT2D eigenvalue weighted by Crippen LogP contribution is -2.50. The molecule has 2 amide bonds. The minimum atomic E-state index is -3.24. The number of sulfonamides is 1. The highest BCUT2D eigenvalue weighted by Crippen LogP contribution is 2.33. The van der Waals surface area contributed by atoms with Crippen molar-refractivity contribution in [1.82, 2.24) is 9.21 Å². The van der Waals surface area contributed by atoms with Crippen LogP contribution in [0.4, 0.5) is 10.5 Å². The van der Waals surface area contributed by atoms with E-state index in [1.807, 2.05) is 41.3 Å². The standard InChI is InChI=1S/C28H31N3O6S/c1-38(34,35)30-12-4-6-23(30)15-21-18-36-26-16-19(8-9-24(21)26)27(32)29-13-10-22(11-14-29)31-25-7-3-2-5-20(25)17-37-28(31)33/h2-3,5,7-9,16,18,22-23H,4,6,10-15,17H2,1H3/t23-/m1/s1. The molecule has 0 radical (unpaired) electrons. The summed E-state index contributed by atoms with van der Waals surface area (Å²) < 4.78 is 37.0. The summed E-state index contributed by atoms with van der Waals surface area (Å²) in [5.74, 6) is -0.0658. The van der Waals surface area contributed by atoms with Crippen LogP contribution in [0.15, 0.2) is 53.1 Å². The van der Waals surface area contributed by atoms with Gasteiger partial charge >= 0.3 is 6.09 Å². The number of anilines is 1. The van der Waals surface area contributed by atoms with Crippen molar-refractivity contribution in [3.8, 4) is 0 Å². The Labute approximate surface area is 222 Å². The second-order valence-electron chi connectivity index (χ2n) is 10.4. The van der Waals surface area contributed by atoms with E-state index in [0.717, 1.165) is 35.0 Å². The Morgan fingerprint density at radius 1 is 1.05 bits per heavy atom. The van der Waals surface area contributed by atoms with E-state index in [4.69, 9.17) is 9.15 Å². The third kappa shape index (κ3) is 4.56. The van der Waals surface area contributed by atoms with E-state index in [0.29, 0.717) is 50.0 Å². The molecule has 2 aromatic carbocycles. The zero-order valence-corrected chi connectivity index (χ0v) is 22.2. The lowest BCUT2D eigenvalue weighted by molar-refractivity contribution is 0.0708. The van der Waals surface area contributed by atoms with Crippen molar-refractivity contribution >= 4 is 38.7 Å². The second kappa shape index (κ2) is 9.74. The molecule has 6 rings (SSSR count). The van der Waals surface area contributed by atoms with Gasteiger partial charge in [0.05, 0.1) is 18.2 Å². The van der Waals surface area contributed by atoms with Crippen LogP contribution in [0.2, 0.25) is 0 Å². The zero-order chi connectivity index (χ0) is 26.4. The molecule has 3 aliphatic rings. The monoisotopic (exact) mass is 537 g/mol. The van der Waals surface area contributed by atoms with Crippen molar-refractivity contribution in [2.24, 2.45) is 0 Å². The molecule has 1 aromatic heterocycles. The Kier molecular flexibility index (Phi) is 6.39. The average Bonchev–Trinajstić information content (AvgIpc) is 3.55. The number of rotatable bonds is 5. The fraction of sp³-hybridized carbons (Fsp3) is 0.429. The highest BCUT2D eigenvalue weighted by Gasteiger charge is 2.35. The average molecular weight is 538 g/mol. The maximum Gasteiger partial charge on any atom is 0.414 e. The maximum absolute atomic E-state index is 13.3. The van der Waals surface area contributed by atoms with Gasteiger partial charge in [-0.25, -0.2) is 13.2 Å².